The summed E-state index contributed by atoms with van der Waals surface area (Å²) < 4.78 is 13.6. The summed E-state index contributed by atoms with van der Waals surface area (Å²) in [5.74, 6) is 0.445. The molecular formula is C28H24FN7OS. The fourth-order valence-corrected chi connectivity index (χ4v) is 5.63. The highest BCUT2D eigenvalue weighted by molar-refractivity contribution is 7.15. The van der Waals surface area contributed by atoms with Gasteiger partial charge in [-0.25, -0.2) is 19.3 Å². The Hall–Kier alpha value is -4.57. The van der Waals surface area contributed by atoms with Gasteiger partial charge in [-0.2, -0.15) is 0 Å². The van der Waals surface area contributed by atoms with Gasteiger partial charge in [0.25, 0.3) is 5.91 Å². The lowest BCUT2D eigenvalue weighted by molar-refractivity contribution is 0.0727. The van der Waals surface area contributed by atoms with Crippen LogP contribution in [0.4, 0.5) is 21.7 Å². The topological polar surface area (TPSA) is 123 Å². The van der Waals surface area contributed by atoms with Crippen molar-refractivity contribution >= 4 is 45.5 Å². The molecule has 4 heterocycles. The molecule has 6 rings (SSSR count). The van der Waals surface area contributed by atoms with Crippen molar-refractivity contribution in [2.45, 2.75) is 19.5 Å². The van der Waals surface area contributed by atoms with Crippen LogP contribution in [0.15, 0.2) is 67.1 Å². The van der Waals surface area contributed by atoms with E-state index in [1.165, 1.54) is 12.4 Å². The first kappa shape index (κ1) is 23.8. The van der Waals surface area contributed by atoms with Crippen molar-refractivity contribution in [1.82, 2.24) is 19.9 Å². The van der Waals surface area contributed by atoms with Crippen molar-refractivity contribution in [3.8, 4) is 10.4 Å². The van der Waals surface area contributed by atoms with Gasteiger partial charge in [0.1, 0.15) is 23.8 Å². The predicted molar refractivity (Wildman–Crippen MR) is 148 cm³/mol. The molecule has 1 aliphatic rings. The Morgan fingerprint density at radius 1 is 1.03 bits per heavy atom. The summed E-state index contributed by atoms with van der Waals surface area (Å²) in [7, 11) is 0. The lowest BCUT2D eigenvalue weighted by atomic mass is 9.99. The molecule has 0 saturated heterocycles. The Morgan fingerprint density at radius 3 is 2.79 bits per heavy atom. The summed E-state index contributed by atoms with van der Waals surface area (Å²) in [5, 5.41) is 4.19. The maximum Gasteiger partial charge on any atom is 0.258 e. The number of pyridine rings is 1. The second kappa shape index (κ2) is 9.71. The fourth-order valence-electron chi connectivity index (χ4n) is 4.69. The van der Waals surface area contributed by atoms with E-state index in [9.17, 15) is 9.18 Å². The van der Waals surface area contributed by atoms with Crippen molar-refractivity contribution in [2.24, 2.45) is 0 Å². The van der Waals surface area contributed by atoms with Gasteiger partial charge >= 0.3 is 0 Å². The number of hydrogen-bond donors (Lipinski definition) is 3. The SMILES string of the molecule is Nc1cc(CN2CCc3ccnc(NCc4ccc(-c5ccc6ncnc(N)c6c5)s4)c3C2=O)ccc1F. The monoisotopic (exact) mass is 525 g/mol. The van der Waals surface area contributed by atoms with Crippen LogP contribution < -0.4 is 16.8 Å². The van der Waals surface area contributed by atoms with Crippen LogP contribution in [-0.4, -0.2) is 32.3 Å². The number of nitrogens with zero attached hydrogens (tertiary/aromatic N) is 4. The third kappa shape index (κ3) is 4.50. The number of carbonyl (C=O) groups is 1. The average Bonchev–Trinajstić information content (AvgIpc) is 3.40. The molecule has 38 heavy (non-hydrogen) atoms. The van der Waals surface area contributed by atoms with Gasteiger partial charge in [-0.3, -0.25) is 4.79 Å². The number of halogens is 1. The van der Waals surface area contributed by atoms with Gasteiger partial charge < -0.3 is 21.7 Å². The van der Waals surface area contributed by atoms with Crippen molar-refractivity contribution in [2.75, 3.05) is 23.3 Å². The van der Waals surface area contributed by atoms with Crippen molar-refractivity contribution < 1.29 is 9.18 Å². The number of rotatable bonds is 6. The largest absolute Gasteiger partial charge is 0.396 e. The molecule has 0 unspecified atom stereocenters. The molecule has 0 bridgehead atoms. The first-order chi connectivity index (χ1) is 18.5. The number of benzene rings is 2. The minimum atomic E-state index is -0.463. The Bertz CT molecular complexity index is 1690. The van der Waals surface area contributed by atoms with E-state index in [0.717, 1.165) is 37.3 Å². The summed E-state index contributed by atoms with van der Waals surface area (Å²) in [6.45, 7) is 1.45. The van der Waals surface area contributed by atoms with Crippen LogP contribution in [0.3, 0.4) is 0 Å². The lowest BCUT2D eigenvalue weighted by Gasteiger charge is -2.29. The van der Waals surface area contributed by atoms with E-state index in [1.54, 1.807) is 34.6 Å². The van der Waals surface area contributed by atoms with Gasteiger partial charge in [-0.1, -0.05) is 12.1 Å². The normalized spacial score (nSPS) is 13.1. The van der Waals surface area contributed by atoms with Crippen LogP contribution in [0.1, 0.15) is 26.4 Å². The molecule has 0 spiro atoms. The summed E-state index contributed by atoms with van der Waals surface area (Å²) in [4.78, 5) is 30.2. The Morgan fingerprint density at radius 2 is 1.92 bits per heavy atom. The number of aromatic nitrogens is 3. The third-order valence-corrected chi connectivity index (χ3v) is 7.80. The number of amides is 1. The van der Waals surface area contributed by atoms with Gasteiger partial charge in [0.2, 0.25) is 0 Å². The first-order valence-electron chi connectivity index (χ1n) is 12.1. The van der Waals surface area contributed by atoms with Gasteiger partial charge in [0.15, 0.2) is 0 Å². The van der Waals surface area contributed by atoms with Gasteiger partial charge in [0.05, 0.1) is 23.3 Å². The summed E-state index contributed by atoms with van der Waals surface area (Å²) in [6.07, 6.45) is 3.91. The molecule has 3 aromatic heterocycles. The Labute approximate surface area is 222 Å². The maximum atomic E-state index is 13.6. The number of fused-ring (bicyclic) bond motifs is 2. The van der Waals surface area contributed by atoms with Gasteiger partial charge in [-0.15, -0.1) is 11.3 Å². The molecule has 10 heteroatoms. The number of nitrogen functional groups attached to an aromatic ring is 2. The fraction of sp³-hybridized carbons (Fsp3) is 0.143. The van der Waals surface area contributed by atoms with Crippen LogP contribution in [0.25, 0.3) is 21.3 Å². The van der Waals surface area contributed by atoms with E-state index in [1.807, 2.05) is 24.3 Å². The number of anilines is 3. The second-order valence-corrected chi connectivity index (χ2v) is 10.3. The summed E-state index contributed by atoms with van der Waals surface area (Å²) in [6, 6.07) is 16.6. The van der Waals surface area contributed by atoms with E-state index >= 15 is 0 Å². The molecule has 190 valence electrons. The van der Waals surface area contributed by atoms with Crippen LogP contribution >= 0.6 is 11.3 Å². The number of nitrogens with one attached hydrogen (secondary N) is 1. The number of carbonyl (C=O) groups excluding carboxylic acids is 1. The number of thiophene rings is 1. The first-order valence-corrected chi connectivity index (χ1v) is 12.9. The molecule has 0 saturated carbocycles. The molecule has 0 aliphatic carbocycles. The average molecular weight is 526 g/mol. The van der Waals surface area contributed by atoms with Crippen molar-refractivity contribution in [3.63, 3.8) is 0 Å². The van der Waals surface area contributed by atoms with E-state index < -0.39 is 5.82 Å². The highest BCUT2D eigenvalue weighted by Crippen LogP contribution is 2.32. The Balaban J connectivity index is 1.19. The second-order valence-electron chi connectivity index (χ2n) is 9.14. The van der Waals surface area contributed by atoms with Crippen molar-refractivity contribution in [1.29, 1.82) is 0 Å². The lowest BCUT2D eigenvalue weighted by Crippen LogP contribution is -2.37. The number of hydrogen-bond acceptors (Lipinski definition) is 8. The molecule has 0 fully saturated rings. The minimum Gasteiger partial charge on any atom is -0.396 e. The highest BCUT2D eigenvalue weighted by atomic mass is 32.1. The molecular weight excluding hydrogens is 501 g/mol. The predicted octanol–water partition coefficient (Wildman–Crippen LogP) is 4.87. The van der Waals surface area contributed by atoms with Crippen LogP contribution in [0.2, 0.25) is 0 Å². The molecule has 1 aliphatic heterocycles. The summed E-state index contributed by atoms with van der Waals surface area (Å²) >= 11 is 1.65. The minimum absolute atomic E-state index is 0.0761. The molecule has 1 amide bonds. The molecule has 0 atom stereocenters. The van der Waals surface area contributed by atoms with E-state index in [-0.39, 0.29) is 11.6 Å². The molecule has 5 N–H and O–H groups in total. The smallest absolute Gasteiger partial charge is 0.258 e. The standard InChI is InChI=1S/C28H24FN7OS/c29-21-4-1-16(11-22(21)30)14-36-10-8-17-7-9-32-27(25(17)28(36)37)33-13-19-3-6-24(38-19)18-2-5-23-20(12-18)26(31)35-15-34-23/h1-7,9,11-12,15H,8,10,13-14,30H2,(H,32,33)(H2,31,34,35). The van der Waals surface area contributed by atoms with Crippen LogP contribution in [0.5, 0.6) is 0 Å². The number of nitrogens with two attached hydrogens (primary N) is 2. The Kier molecular flexibility index (Phi) is 6.09. The van der Waals surface area contributed by atoms with E-state index in [4.69, 9.17) is 11.5 Å². The maximum absolute atomic E-state index is 13.6. The van der Waals surface area contributed by atoms with E-state index in [2.05, 4.69) is 32.4 Å². The zero-order valence-electron chi connectivity index (χ0n) is 20.3. The molecule has 2 aromatic carbocycles. The molecule has 0 radical (unpaired) electrons. The van der Waals surface area contributed by atoms with Crippen molar-refractivity contribution in [3.05, 3.63) is 94.5 Å². The van der Waals surface area contributed by atoms with Gasteiger partial charge in [-0.05, 0) is 65.6 Å². The van der Waals surface area contributed by atoms with Gasteiger partial charge in [0, 0.05) is 34.4 Å². The van der Waals surface area contributed by atoms with Crippen LogP contribution in [0, 0.1) is 5.82 Å². The molecule has 8 nitrogen and oxygen atoms in total. The molecule has 5 aromatic rings. The quantitative estimate of drug-likeness (QED) is 0.270. The zero-order valence-corrected chi connectivity index (χ0v) is 21.1. The third-order valence-electron chi connectivity index (χ3n) is 6.67. The van der Waals surface area contributed by atoms with Crippen LogP contribution in [-0.2, 0) is 19.5 Å². The van der Waals surface area contributed by atoms with E-state index in [0.29, 0.717) is 43.3 Å². The zero-order chi connectivity index (χ0) is 26.2. The highest BCUT2D eigenvalue weighted by Gasteiger charge is 2.28. The summed E-state index contributed by atoms with van der Waals surface area (Å²) in [5.41, 5.74) is 16.0.